The Balaban J connectivity index is 1.84. The van der Waals surface area contributed by atoms with Gasteiger partial charge < -0.3 is 9.47 Å². The summed E-state index contributed by atoms with van der Waals surface area (Å²) in [5.41, 5.74) is 0.107. The molecule has 1 aliphatic heterocycles. The van der Waals surface area contributed by atoms with Crippen LogP contribution < -0.4 is 10.1 Å². The molecule has 0 spiro atoms. The highest BCUT2D eigenvalue weighted by atomic mass is 32.2. The summed E-state index contributed by atoms with van der Waals surface area (Å²) >= 11 is 2.80. The zero-order valence-corrected chi connectivity index (χ0v) is 18.7. The number of sulfonamides is 1. The van der Waals surface area contributed by atoms with Gasteiger partial charge in [0.25, 0.3) is 5.91 Å². The molecule has 1 aromatic carbocycles. The number of hydrogen-bond acceptors (Lipinski definition) is 9. The first kappa shape index (κ1) is 22.0. The van der Waals surface area contributed by atoms with Crippen molar-refractivity contribution in [2.45, 2.75) is 28.3 Å². The molecule has 0 saturated carbocycles. The molecule has 1 amide bonds. The molecule has 1 saturated heterocycles. The van der Waals surface area contributed by atoms with Crippen LogP contribution in [0.25, 0.3) is 0 Å². The van der Waals surface area contributed by atoms with Crippen LogP contribution in [0.5, 0.6) is 5.75 Å². The molecular weight excluding hydrogens is 436 g/mol. The van der Waals surface area contributed by atoms with Crippen LogP contribution in [0.2, 0.25) is 0 Å². The first-order chi connectivity index (χ1) is 13.8. The third-order valence-electron chi connectivity index (χ3n) is 3.99. The van der Waals surface area contributed by atoms with Crippen LogP contribution in [0.15, 0.2) is 27.4 Å². The van der Waals surface area contributed by atoms with Gasteiger partial charge in [0.1, 0.15) is 5.75 Å². The monoisotopic (exact) mass is 458 g/mol. The van der Waals surface area contributed by atoms with Crippen LogP contribution in [0.1, 0.15) is 24.2 Å². The van der Waals surface area contributed by atoms with Crippen molar-refractivity contribution in [1.29, 1.82) is 0 Å². The zero-order chi connectivity index (χ0) is 21.0. The van der Waals surface area contributed by atoms with Crippen molar-refractivity contribution in [1.82, 2.24) is 14.5 Å². The number of aromatic nitrogens is 2. The molecule has 2 aromatic rings. The molecule has 0 atom stereocenters. The molecule has 1 fully saturated rings. The van der Waals surface area contributed by atoms with Gasteiger partial charge in [0, 0.05) is 18.3 Å². The number of nitrogens with zero attached hydrogens (tertiary/aromatic N) is 3. The van der Waals surface area contributed by atoms with Gasteiger partial charge in [-0.3, -0.25) is 10.1 Å². The number of ether oxygens (including phenoxy) is 2. The van der Waals surface area contributed by atoms with E-state index in [1.165, 1.54) is 41.0 Å². The van der Waals surface area contributed by atoms with Crippen molar-refractivity contribution in [2.75, 3.05) is 38.7 Å². The second-order valence-corrected chi connectivity index (χ2v) is 11.1. The molecular formula is C17H22N4O5S3. The average molecular weight is 459 g/mol. The predicted octanol–water partition coefficient (Wildman–Crippen LogP) is 2.32. The topological polar surface area (TPSA) is 111 Å². The van der Waals surface area contributed by atoms with Crippen molar-refractivity contribution < 1.29 is 22.7 Å². The number of benzene rings is 1. The lowest BCUT2D eigenvalue weighted by molar-refractivity contribution is 0.0730. The van der Waals surface area contributed by atoms with Gasteiger partial charge in [0.2, 0.25) is 15.2 Å². The molecule has 29 heavy (non-hydrogen) atoms. The van der Waals surface area contributed by atoms with E-state index in [1.54, 1.807) is 11.8 Å². The van der Waals surface area contributed by atoms with Crippen LogP contribution in [0, 0.1) is 0 Å². The third-order valence-corrected chi connectivity index (χ3v) is 7.81. The minimum atomic E-state index is -3.74. The summed E-state index contributed by atoms with van der Waals surface area (Å²) < 4.78 is 38.4. The van der Waals surface area contributed by atoms with Crippen molar-refractivity contribution in [3.8, 4) is 5.75 Å². The quantitative estimate of drug-likeness (QED) is 0.497. The van der Waals surface area contributed by atoms with Crippen LogP contribution in [0.3, 0.4) is 0 Å². The van der Waals surface area contributed by atoms with Crippen LogP contribution >= 0.6 is 23.1 Å². The van der Waals surface area contributed by atoms with E-state index in [2.05, 4.69) is 15.5 Å². The number of methoxy groups -OCH3 is 1. The Bertz CT molecular complexity index is 971. The average Bonchev–Trinajstić information content (AvgIpc) is 3.14. The minimum absolute atomic E-state index is 0.0265. The molecule has 0 radical (unpaired) electrons. The minimum Gasteiger partial charge on any atom is -0.496 e. The number of anilines is 1. The standard InChI is InChI=1S/C17H22N4O5S3/c1-11(2)27-17-20-19-16(28-17)18-15(22)13-10-12(4-5-14(13)25-3)29(23,24)21-6-8-26-9-7-21/h4-5,10-11H,6-9H2,1-3H3,(H,18,19,22). The first-order valence-electron chi connectivity index (χ1n) is 8.88. The van der Waals surface area contributed by atoms with Crippen molar-refractivity contribution >= 4 is 44.2 Å². The molecule has 1 aliphatic rings. The van der Waals surface area contributed by atoms with Gasteiger partial charge in [-0.2, -0.15) is 4.31 Å². The lowest BCUT2D eigenvalue weighted by Crippen LogP contribution is -2.40. The number of morpholine rings is 1. The highest BCUT2D eigenvalue weighted by Crippen LogP contribution is 2.30. The molecule has 1 N–H and O–H groups in total. The summed E-state index contributed by atoms with van der Waals surface area (Å²) in [5.74, 6) is -0.247. The van der Waals surface area contributed by atoms with Crippen LogP contribution in [-0.4, -0.2) is 67.5 Å². The Hall–Kier alpha value is -1.73. The third kappa shape index (κ3) is 5.25. The normalized spacial score (nSPS) is 15.4. The summed E-state index contributed by atoms with van der Waals surface area (Å²) in [6, 6.07) is 4.23. The van der Waals surface area contributed by atoms with Gasteiger partial charge >= 0.3 is 0 Å². The number of carbonyl (C=O) groups is 1. The maximum Gasteiger partial charge on any atom is 0.261 e. The Morgan fingerprint density at radius 1 is 1.31 bits per heavy atom. The molecule has 2 heterocycles. The Kier molecular flexibility index (Phi) is 7.11. The van der Waals surface area contributed by atoms with Crippen molar-refractivity contribution in [3.63, 3.8) is 0 Å². The molecule has 0 aliphatic carbocycles. The number of carbonyl (C=O) groups excluding carboxylic acids is 1. The highest BCUT2D eigenvalue weighted by Gasteiger charge is 2.28. The van der Waals surface area contributed by atoms with Gasteiger partial charge in [-0.25, -0.2) is 8.42 Å². The van der Waals surface area contributed by atoms with Gasteiger partial charge in [-0.05, 0) is 18.2 Å². The van der Waals surface area contributed by atoms with E-state index in [9.17, 15) is 13.2 Å². The Morgan fingerprint density at radius 2 is 2.03 bits per heavy atom. The summed E-state index contributed by atoms with van der Waals surface area (Å²) in [5, 5.41) is 11.3. The van der Waals surface area contributed by atoms with E-state index < -0.39 is 15.9 Å². The van der Waals surface area contributed by atoms with Crippen molar-refractivity contribution in [2.24, 2.45) is 0 Å². The smallest absolute Gasteiger partial charge is 0.261 e. The lowest BCUT2D eigenvalue weighted by atomic mass is 10.2. The van der Waals surface area contributed by atoms with E-state index in [0.717, 1.165) is 4.34 Å². The number of thioether (sulfide) groups is 1. The van der Waals surface area contributed by atoms with E-state index in [4.69, 9.17) is 9.47 Å². The highest BCUT2D eigenvalue weighted by molar-refractivity contribution is 8.01. The molecule has 3 rings (SSSR count). The second kappa shape index (κ2) is 9.39. The van der Waals surface area contributed by atoms with Gasteiger partial charge in [0.05, 0.1) is 30.8 Å². The van der Waals surface area contributed by atoms with Crippen LogP contribution in [0.4, 0.5) is 5.13 Å². The van der Waals surface area contributed by atoms with E-state index >= 15 is 0 Å². The van der Waals surface area contributed by atoms with E-state index in [1.807, 2.05) is 13.8 Å². The molecule has 0 unspecified atom stereocenters. The maximum atomic E-state index is 12.9. The summed E-state index contributed by atoms with van der Waals surface area (Å²) in [4.78, 5) is 12.8. The SMILES string of the molecule is COc1ccc(S(=O)(=O)N2CCOCC2)cc1C(=O)Nc1nnc(SC(C)C)s1. The molecule has 1 aromatic heterocycles. The van der Waals surface area contributed by atoms with Gasteiger partial charge in [0.15, 0.2) is 4.34 Å². The molecule has 12 heteroatoms. The number of rotatable bonds is 7. The number of nitrogens with one attached hydrogen (secondary N) is 1. The Morgan fingerprint density at radius 3 is 2.69 bits per heavy atom. The first-order valence-corrected chi connectivity index (χ1v) is 12.0. The maximum absolute atomic E-state index is 12.9. The summed E-state index contributed by atoms with van der Waals surface area (Å²) in [7, 11) is -2.31. The fourth-order valence-corrected chi connectivity index (χ4v) is 6.04. The summed E-state index contributed by atoms with van der Waals surface area (Å²) in [6.45, 7) is 5.31. The molecule has 158 valence electrons. The van der Waals surface area contributed by atoms with Crippen LogP contribution in [-0.2, 0) is 14.8 Å². The molecule has 9 nitrogen and oxygen atoms in total. The number of hydrogen-bond donors (Lipinski definition) is 1. The predicted molar refractivity (Wildman–Crippen MR) is 111 cm³/mol. The van der Waals surface area contributed by atoms with Gasteiger partial charge in [-0.15, -0.1) is 10.2 Å². The number of amides is 1. The zero-order valence-electron chi connectivity index (χ0n) is 16.2. The largest absolute Gasteiger partial charge is 0.496 e. The Labute approximate surface area is 177 Å². The van der Waals surface area contributed by atoms with Crippen molar-refractivity contribution in [3.05, 3.63) is 23.8 Å². The second-order valence-electron chi connectivity index (χ2n) is 6.37. The fourth-order valence-electron chi connectivity index (χ4n) is 2.64. The van der Waals surface area contributed by atoms with Gasteiger partial charge in [-0.1, -0.05) is 36.9 Å². The lowest BCUT2D eigenvalue weighted by Gasteiger charge is -2.26. The summed E-state index contributed by atoms with van der Waals surface area (Å²) in [6.07, 6.45) is 0. The molecule has 0 bridgehead atoms. The van der Waals surface area contributed by atoms with E-state index in [-0.39, 0.29) is 29.3 Å². The fraction of sp³-hybridized carbons (Fsp3) is 0.471. The van der Waals surface area contributed by atoms with E-state index in [0.29, 0.717) is 23.6 Å².